The summed E-state index contributed by atoms with van der Waals surface area (Å²) in [5.41, 5.74) is 6.36. The standard InChI is InChI=1S/C15H12N2O/c16-12-5-7-13(8-6-12)18-15-10-17-9-11-3-1-2-4-14(11)15/h1-10H,16H2. The Morgan fingerprint density at radius 2 is 1.67 bits per heavy atom. The van der Waals surface area contributed by atoms with Crippen molar-refractivity contribution < 1.29 is 4.74 Å². The van der Waals surface area contributed by atoms with Gasteiger partial charge in [-0.15, -0.1) is 0 Å². The van der Waals surface area contributed by atoms with Crippen molar-refractivity contribution in [1.82, 2.24) is 4.98 Å². The Morgan fingerprint density at radius 1 is 0.889 bits per heavy atom. The predicted molar refractivity (Wildman–Crippen MR) is 72.7 cm³/mol. The molecule has 2 aromatic carbocycles. The van der Waals surface area contributed by atoms with Crippen LogP contribution in [0.3, 0.4) is 0 Å². The van der Waals surface area contributed by atoms with E-state index in [4.69, 9.17) is 10.5 Å². The van der Waals surface area contributed by atoms with E-state index in [1.54, 1.807) is 6.20 Å². The number of nitrogens with two attached hydrogens (primary N) is 1. The van der Waals surface area contributed by atoms with Gasteiger partial charge in [-0.25, -0.2) is 0 Å². The van der Waals surface area contributed by atoms with E-state index in [1.165, 1.54) is 0 Å². The average Bonchev–Trinajstić information content (AvgIpc) is 2.42. The zero-order valence-corrected chi connectivity index (χ0v) is 9.71. The zero-order valence-electron chi connectivity index (χ0n) is 9.71. The molecule has 3 rings (SSSR count). The second-order valence-electron chi connectivity index (χ2n) is 4.03. The number of hydrogen-bond donors (Lipinski definition) is 1. The summed E-state index contributed by atoms with van der Waals surface area (Å²) < 4.78 is 5.83. The molecule has 0 atom stereocenters. The molecule has 18 heavy (non-hydrogen) atoms. The molecule has 0 bridgehead atoms. The Kier molecular flexibility index (Phi) is 2.57. The smallest absolute Gasteiger partial charge is 0.153 e. The molecule has 0 aliphatic rings. The minimum absolute atomic E-state index is 0.721. The number of pyridine rings is 1. The maximum absolute atomic E-state index is 5.83. The van der Waals surface area contributed by atoms with Crippen molar-refractivity contribution in [1.29, 1.82) is 0 Å². The van der Waals surface area contributed by atoms with Crippen molar-refractivity contribution in [2.75, 3.05) is 5.73 Å². The lowest BCUT2D eigenvalue weighted by atomic mass is 10.2. The van der Waals surface area contributed by atoms with Crippen molar-refractivity contribution in [3.63, 3.8) is 0 Å². The SMILES string of the molecule is Nc1ccc(Oc2cncc3ccccc23)cc1. The Balaban J connectivity index is 2.02. The minimum Gasteiger partial charge on any atom is -0.455 e. The summed E-state index contributed by atoms with van der Waals surface area (Å²) in [6.45, 7) is 0. The fourth-order valence-corrected chi connectivity index (χ4v) is 1.83. The molecular formula is C15H12N2O. The van der Waals surface area contributed by atoms with Gasteiger partial charge in [-0.1, -0.05) is 24.3 Å². The van der Waals surface area contributed by atoms with Gasteiger partial charge in [0.15, 0.2) is 5.75 Å². The zero-order chi connectivity index (χ0) is 12.4. The maximum Gasteiger partial charge on any atom is 0.153 e. The van der Waals surface area contributed by atoms with Crippen LogP contribution in [0.25, 0.3) is 10.8 Å². The topological polar surface area (TPSA) is 48.1 Å². The van der Waals surface area contributed by atoms with Crippen LogP contribution in [0.1, 0.15) is 0 Å². The Hall–Kier alpha value is -2.55. The van der Waals surface area contributed by atoms with Crippen LogP contribution in [0.15, 0.2) is 60.9 Å². The lowest BCUT2D eigenvalue weighted by Crippen LogP contribution is -1.88. The van der Waals surface area contributed by atoms with Crippen molar-refractivity contribution in [3.8, 4) is 11.5 Å². The van der Waals surface area contributed by atoms with E-state index in [2.05, 4.69) is 4.98 Å². The molecule has 0 saturated heterocycles. The average molecular weight is 236 g/mol. The van der Waals surface area contributed by atoms with Gasteiger partial charge in [-0.3, -0.25) is 4.98 Å². The van der Waals surface area contributed by atoms with Gasteiger partial charge in [-0.2, -0.15) is 0 Å². The van der Waals surface area contributed by atoms with Gasteiger partial charge in [0, 0.05) is 22.7 Å². The molecule has 2 N–H and O–H groups in total. The van der Waals surface area contributed by atoms with E-state index >= 15 is 0 Å². The third-order valence-corrected chi connectivity index (χ3v) is 2.74. The second kappa shape index (κ2) is 4.37. The van der Waals surface area contributed by atoms with Crippen LogP contribution in [-0.2, 0) is 0 Å². The highest BCUT2D eigenvalue weighted by Gasteiger charge is 2.03. The summed E-state index contributed by atoms with van der Waals surface area (Å²) in [6.07, 6.45) is 3.55. The third kappa shape index (κ3) is 1.98. The number of rotatable bonds is 2. The van der Waals surface area contributed by atoms with Gasteiger partial charge < -0.3 is 10.5 Å². The minimum atomic E-state index is 0.721. The van der Waals surface area contributed by atoms with Gasteiger partial charge in [0.1, 0.15) is 5.75 Å². The number of ether oxygens (including phenoxy) is 1. The number of fused-ring (bicyclic) bond motifs is 1. The van der Waals surface area contributed by atoms with Crippen molar-refractivity contribution in [2.24, 2.45) is 0 Å². The quantitative estimate of drug-likeness (QED) is 0.691. The Labute approximate surface area is 105 Å². The normalized spacial score (nSPS) is 10.4. The number of hydrogen-bond acceptors (Lipinski definition) is 3. The van der Waals surface area contributed by atoms with Gasteiger partial charge in [-0.05, 0) is 24.3 Å². The predicted octanol–water partition coefficient (Wildman–Crippen LogP) is 3.61. The second-order valence-corrected chi connectivity index (χ2v) is 4.03. The highest BCUT2D eigenvalue weighted by atomic mass is 16.5. The van der Waals surface area contributed by atoms with Gasteiger partial charge in [0.25, 0.3) is 0 Å². The van der Waals surface area contributed by atoms with E-state index in [1.807, 2.05) is 54.7 Å². The highest BCUT2D eigenvalue weighted by molar-refractivity contribution is 5.87. The number of nitrogens with zero attached hydrogens (tertiary/aromatic N) is 1. The van der Waals surface area contributed by atoms with Gasteiger partial charge in [0.2, 0.25) is 0 Å². The molecule has 1 heterocycles. The van der Waals surface area contributed by atoms with Crippen LogP contribution < -0.4 is 10.5 Å². The first kappa shape index (κ1) is 10.6. The monoisotopic (exact) mass is 236 g/mol. The largest absolute Gasteiger partial charge is 0.455 e. The lowest BCUT2D eigenvalue weighted by Gasteiger charge is -2.08. The lowest BCUT2D eigenvalue weighted by molar-refractivity contribution is 0.486. The van der Waals surface area contributed by atoms with Gasteiger partial charge in [0.05, 0.1) is 6.20 Å². The van der Waals surface area contributed by atoms with E-state index in [0.717, 1.165) is 28.0 Å². The highest BCUT2D eigenvalue weighted by Crippen LogP contribution is 2.28. The van der Waals surface area contributed by atoms with Crippen LogP contribution in [0.4, 0.5) is 5.69 Å². The molecule has 0 unspecified atom stereocenters. The summed E-state index contributed by atoms with van der Waals surface area (Å²) >= 11 is 0. The molecule has 0 saturated carbocycles. The summed E-state index contributed by atoms with van der Waals surface area (Å²) in [5.74, 6) is 1.50. The molecule has 0 aliphatic carbocycles. The molecule has 3 heteroatoms. The summed E-state index contributed by atoms with van der Waals surface area (Å²) in [7, 11) is 0. The van der Waals surface area contributed by atoms with Crippen LogP contribution in [0.2, 0.25) is 0 Å². The van der Waals surface area contributed by atoms with Crippen LogP contribution >= 0.6 is 0 Å². The van der Waals surface area contributed by atoms with E-state index in [-0.39, 0.29) is 0 Å². The van der Waals surface area contributed by atoms with E-state index in [9.17, 15) is 0 Å². The summed E-state index contributed by atoms with van der Waals surface area (Å²) in [4.78, 5) is 4.18. The number of aromatic nitrogens is 1. The maximum atomic E-state index is 5.83. The first-order valence-corrected chi connectivity index (χ1v) is 5.69. The first-order chi connectivity index (χ1) is 8.83. The molecule has 0 spiro atoms. The molecule has 0 amide bonds. The van der Waals surface area contributed by atoms with Crippen molar-refractivity contribution in [2.45, 2.75) is 0 Å². The van der Waals surface area contributed by atoms with Crippen molar-refractivity contribution >= 4 is 16.5 Å². The number of nitrogen functional groups attached to an aromatic ring is 1. The number of anilines is 1. The fraction of sp³-hybridized carbons (Fsp3) is 0. The molecule has 0 fully saturated rings. The molecule has 3 nitrogen and oxygen atoms in total. The first-order valence-electron chi connectivity index (χ1n) is 5.69. The summed E-state index contributed by atoms with van der Waals surface area (Å²) in [5, 5.41) is 2.11. The molecule has 88 valence electrons. The molecule has 0 aliphatic heterocycles. The van der Waals surface area contributed by atoms with Crippen molar-refractivity contribution in [3.05, 3.63) is 60.9 Å². The Bertz CT molecular complexity index is 672. The summed E-state index contributed by atoms with van der Waals surface area (Å²) in [6, 6.07) is 15.3. The molecule has 0 radical (unpaired) electrons. The molecular weight excluding hydrogens is 224 g/mol. The Morgan fingerprint density at radius 3 is 2.50 bits per heavy atom. The number of benzene rings is 2. The van der Waals surface area contributed by atoms with Crippen LogP contribution in [0.5, 0.6) is 11.5 Å². The van der Waals surface area contributed by atoms with E-state index in [0.29, 0.717) is 0 Å². The molecule has 1 aromatic heterocycles. The fourth-order valence-electron chi connectivity index (χ4n) is 1.83. The van der Waals surface area contributed by atoms with Gasteiger partial charge >= 0.3 is 0 Å². The third-order valence-electron chi connectivity index (χ3n) is 2.74. The van der Waals surface area contributed by atoms with Crippen LogP contribution in [-0.4, -0.2) is 4.98 Å². The van der Waals surface area contributed by atoms with E-state index < -0.39 is 0 Å². The molecule has 3 aromatic rings. The van der Waals surface area contributed by atoms with Crippen LogP contribution in [0, 0.1) is 0 Å².